The highest BCUT2D eigenvalue weighted by atomic mass is 14.5. The number of nitrogen functional groups attached to an aromatic ring is 1. The van der Waals surface area contributed by atoms with E-state index in [-0.39, 0.29) is 0 Å². The zero-order valence-electron chi connectivity index (χ0n) is 12.5. The summed E-state index contributed by atoms with van der Waals surface area (Å²) in [6.45, 7) is 2.08. The monoisotopic (exact) mass is 286 g/mol. The maximum Gasteiger partial charge on any atom is 0.0540 e. The van der Waals surface area contributed by atoms with Crippen LogP contribution in [0.4, 0.5) is 5.69 Å². The van der Waals surface area contributed by atoms with Crippen molar-refractivity contribution >= 4 is 17.0 Å². The number of hydrogen-bond acceptors (Lipinski definition) is 2. The van der Waals surface area contributed by atoms with Crippen LogP contribution in [-0.2, 0) is 0 Å². The van der Waals surface area contributed by atoms with Crippen molar-refractivity contribution in [2.45, 2.75) is 6.92 Å². The Morgan fingerprint density at radius 1 is 0.773 bits per heavy atom. The molecule has 22 heavy (non-hydrogen) atoms. The summed E-state index contributed by atoms with van der Waals surface area (Å²) in [6.07, 6.45) is 7.63. The van der Waals surface area contributed by atoms with E-state index in [1.807, 2.05) is 48.6 Å². The van der Waals surface area contributed by atoms with Gasteiger partial charge in [0.1, 0.15) is 0 Å². The summed E-state index contributed by atoms with van der Waals surface area (Å²) in [6, 6.07) is 16.4. The van der Waals surface area contributed by atoms with Gasteiger partial charge >= 0.3 is 0 Å². The first-order valence-electron chi connectivity index (χ1n) is 7.25. The van der Waals surface area contributed by atoms with E-state index in [2.05, 4.69) is 31.2 Å². The Bertz CT molecular complexity index is 723. The van der Waals surface area contributed by atoms with Crippen molar-refractivity contribution < 1.29 is 0 Å². The molecule has 0 radical (unpaired) electrons. The molecule has 1 aliphatic carbocycles. The van der Waals surface area contributed by atoms with Gasteiger partial charge in [-0.2, -0.15) is 0 Å². The average Bonchev–Trinajstić information content (AvgIpc) is 2.53. The van der Waals surface area contributed by atoms with Crippen LogP contribution < -0.4 is 5.73 Å². The van der Waals surface area contributed by atoms with E-state index in [0.29, 0.717) is 5.71 Å². The lowest BCUT2D eigenvalue weighted by molar-refractivity contribution is 1.43. The predicted molar refractivity (Wildman–Crippen MR) is 94.1 cm³/mol. The highest BCUT2D eigenvalue weighted by molar-refractivity contribution is 6.05. The van der Waals surface area contributed by atoms with Gasteiger partial charge in [-0.25, -0.2) is 0 Å². The molecule has 0 amide bonds. The van der Waals surface area contributed by atoms with Gasteiger partial charge < -0.3 is 11.1 Å². The van der Waals surface area contributed by atoms with Crippen molar-refractivity contribution in [1.29, 1.82) is 5.41 Å². The minimum Gasteiger partial charge on any atom is -0.399 e. The molecule has 1 aliphatic rings. The van der Waals surface area contributed by atoms with E-state index >= 15 is 0 Å². The third kappa shape index (κ3) is 2.91. The quantitative estimate of drug-likeness (QED) is 0.783. The van der Waals surface area contributed by atoms with Gasteiger partial charge in [-0.3, -0.25) is 0 Å². The molecule has 0 saturated carbocycles. The molecule has 2 aromatic carbocycles. The Hall–Kier alpha value is -2.87. The number of rotatable bonds is 2. The number of aryl methyl sites for hydroxylation is 1. The number of allylic oxidation sites excluding steroid dienone is 5. The molecule has 0 aromatic heterocycles. The highest BCUT2D eigenvalue weighted by Gasteiger charge is 2.10. The molecule has 0 bridgehead atoms. The molecule has 0 aliphatic heterocycles. The van der Waals surface area contributed by atoms with Crippen molar-refractivity contribution in [1.82, 2.24) is 0 Å². The van der Waals surface area contributed by atoms with Crippen molar-refractivity contribution in [2.75, 3.05) is 5.73 Å². The lowest BCUT2D eigenvalue weighted by atomic mass is 9.90. The second kappa shape index (κ2) is 5.86. The van der Waals surface area contributed by atoms with Crippen LogP contribution in [0, 0.1) is 12.3 Å². The lowest BCUT2D eigenvalue weighted by Gasteiger charge is -2.14. The third-order valence-electron chi connectivity index (χ3n) is 3.71. The van der Waals surface area contributed by atoms with Gasteiger partial charge in [0.15, 0.2) is 0 Å². The van der Waals surface area contributed by atoms with Crippen molar-refractivity contribution in [3.05, 3.63) is 95.1 Å². The van der Waals surface area contributed by atoms with Crippen LogP contribution >= 0.6 is 0 Å². The number of anilines is 1. The molecule has 2 nitrogen and oxygen atoms in total. The van der Waals surface area contributed by atoms with Crippen LogP contribution in [0.3, 0.4) is 0 Å². The molecular weight excluding hydrogens is 268 g/mol. The second-order valence-electron chi connectivity index (χ2n) is 5.44. The Morgan fingerprint density at radius 2 is 1.27 bits per heavy atom. The van der Waals surface area contributed by atoms with Crippen LogP contribution in [0.25, 0.3) is 5.57 Å². The SMILES string of the molecule is Cc1ccc(C(=C2C=CC(=N)C=C2)c2ccc(N)cc2)cc1. The zero-order valence-corrected chi connectivity index (χ0v) is 12.5. The molecule has 0 spiro atoms. The van der Waals surface area contributed by atoms with E-state index in [1.165, 1.54) is 5.56 Å². The fourth-order valence-electron chi connectivity index (χ4n) is 2.51. The third-order valence-corrected chi connectivity index (χ3v) is 3.71. The molecule has 3 N–H and O–H groups in total. The van der Waals surface area contributed by atoms with E-state index in [1.54, 1.807) is 0 Å². The summed E-state index contributed by atoms with van der Waals surface area (Å²) in [5.74, 6) is 0. The van der Waals surface area contributed by atoms with Gasteiger partial charge in [-0.05, 0) is 53.5 Å². The molecule has 2 aromatic rings. The van der Waals surface area contributed by atoms with Crippen molar-refractivity contribution in [3.8, 4) is 0 Å². The Morgan fingerprint density at radius 3 is 1.82 bits per heavy atom. The highest BCUT2D eigenvalue weighted by Crippen LogP contribution is 2.30. The topological polar surface area (TPSA) is 49.9 Å². The summed E-state index contributed by atoms with van der Waals surface area (Å²) in [7, 11) is 0. The zero-order chi connectivity index (χ0) is 15.5. The minimum absolute atomic E-state index is 0.518. The van der Waals surface area contributed by atoms with E-state index in [0.717, 1.165) is 28.0 Å². The van der Waals surface area contributed by atoms with Crippen LogP contribution in [0.1, 0.15) is 16.7 Å². The first kappa shape index (κ1) is 14.1. The number of nitrogens with two attached hydrogens (primary N) is 1. The summed E-state index contributed by atoms with van der Waals surface area (Å²) in [5.41, 5.74) is 12.9. The van der Waals surface area contributed by atoms with Crippen LogP contribution in [0.15, 0.2) is 78.4 Å². The first-order chi connectivity index (χ1) is 10.6. The Kier molecular flexibility index (Phi) is 3.75. The second-order valence-corrected chi connectivity index (χ2v) is 5.44. The van der Waals surface area contributed by atoms with Gasteiger partial charge in [0.05, 0.1) is 5.71 Å². The van der Waals surface area contributed by atoms with E-state index in [4.69, 9.17) is 11.1 Å². The molecule has 0 unspecified atom stereocenters. The fourth-order valence-corrected chi connectivity index (χ4v) is 2.51. The summed E-state index contributed by atoms with van der Waals surface area (Å²) < 4.78 is 0. The molecule has 3 rings (SSSR count). The van der Waals surface area contributed by atoms with E-state index in [9.17, 15) is 0 Å². The molecule has 2 heteroatoms. The molecule has 0 heterocycles. The van der Waals surface area contributed by atoms with E-state index < -0.39 is 0 Å². The Labute approximate surface area is 130 Å². The van der Waals surface area contributed by atoms with Crippen molar-refractivity contribution in [3.63, 3.8) is 0 Å². The van der Waals surface area contributed by atoms with Crippen LogP contribution in [-0.4, -0.2) is 5.71 Å². The normalized spacial score (nSPS) is 13.5. The molecule has 0 fully saturated rings. The molecule has 0 saturated heterocycles. The van der Waals surface area contributed by atoms with Gasteiger partial charge in [0.2, 0.25) is 0 Å². The number of nitrogens with one attached hydrogen (secondary N) is 1. The molecule has 108 valence electrons. The minimum atomic E-state index is 0.518. The van der Waals surface area contributed by atoms with Gasteiger partial charge in [-0.15, -0.1) is 0 Å². The fraction of sp³-hybridized carbons (Fsp3) is 0.0500. The standard InChI is InChI=1S/C20H18N2/c1-14-2-4-15(5-3-14)20(16-6-10-18(21)11-7-16)17-8-12-19(22)13-9-17/h2-13,21H,22H2,1H3. The van der Waals surface area contributed by atoms with Crippen molar-refractivity contribution in [2.24, 2.45) is 0 Å². The number of hydrogen-bond donors (Lipinski definition) is 2. The molecular formula is C20H18N2. The summed E-state index contributed by atoms with van der Waals surface area (Å²) in [5, 5.41) is 7.67. The van der Waals surface area contributed by atoms with Gasteiger partial charge in [0, 0.05) is 5.69 Å². The molecule has 0 atom stereocenters. The smallest absolute Gasteiger partial charge is 0.0540 e. The maximum atomic E-state index is 7.67. The van der Waals surface area contributed by atoms with Gasteiger partial charge in [0.25, 0.3) is 0 Å². The van der Waals surface area contributed by atoms with Gasteiger partial charge in [-0.1, -0.05) is 54.1 Å². The lowest BCUT2D eigenvalue weighted by Crippen LogP contribution is -1.97. The number of benzene rings is 2. The first-order valence-corrected chi connectivity index (χ1v) is 7.25. The maximum absolute atomic E-state index is 7.67. The largest absolute Gasteiger partial charge is 0.399 e. The predicted octanol–water partition coefficient (Wildman–Crippen LogP) is 4.52. The average molecular weight is 286 g/mol. The van der Waals surface area contributed by atoms with Crippen LogP contribution in [0.5, 0.6) is 0 Å². The Balaban J connectivity index is 2.18. The van der Waals surface area contributed by atoms with Crippen LogP contribution in [0.2, 0.25) is 0 Å². The summed E-state index contributed by atoms with van der Waals surface area (Å²) >= 11 is 0. The summed E-state index contributed by atoms with van der Waals surface area (Å²) in [4.78, 5) is 0.